The van der Waals surface area contributed by atoms with Crippen LogP contribution in [0, 0.1) is 0 Å². The molecule has 1 aliphatic rings. The highest BCUT2D eigenvalue weighted by Gasteiger charge is 2.08. The molecule has 1 atom stereocenters. The van der Waals surface area contributed by atoms with Gasteiger partial charge < -0.3 is 4.74 Å². The van der Waals surface area contributed by atoms with Crippen LogP contribution in [0.3, 0.4) is 0 Å². The maximum absolute atomic E-state index is 5.55. The number of unbranched alkanes of at least 4 members (excludes halogenated alkanes) is 2. The minimum Gasteiger partial charge on any atom is -0.369 e. The Morgan fingerprint density at radius 2 is 2.42 bits per heavy atom. The Morgan fingerprint density at radius 1 is 1.58 bits per heavy atom. The summed E-state index contributed by atoms with van der Waals surface area (Å²) in [5.41, 5.74) is 1.08. The lowest BCUT2D eigenvalue weighted by atomic mass is 10.1. The van der Waals surface area contributed by atoms with Gasteiger partial charge in [-0.3, -0.25) is 0 Å². The summed E-state index contributed by atoms with van der Waals surface area (Å²) in [4.78, 5) is 0. The lowest BCUT2D eigenvalue weighted by Crippen LogP contribution is -2.15. The van der Waals surface area contributed by atoms with E-state index in [1.54, 1.807) is 0 Å². The first kappa shape index (κ1) is 9.53. The predicted octanol–water partition coefficient (Wildman–Crippen LogP) is 3.08. The van der Waals surface area contributed by atoms with Crippen LogP contribution in [-0.2, 0) is 4.74 Å². The summed E-state index contributed by atoms with van der Waals surface area (Å²) in [6.45, 7) is 6.77. The van der Waals surface area contributed by atoms with Gasteiger partial charge in [0.2, 0.25) is 0 Å². The lowest BCUT2D eigenvalue weighted by molar-refractivity contribution is 0.0911. The monoisotopic (exact) mass is 166 g/mol. The Bertz CT molecular complexity index is 170. The second-order valence-corrected chi connectivity index (χ2v) is 3.36. The highest BCUT2D eigenvalue weighted by atomic mass is 16.5. The summed E-state index contributed by atoms with van der Waals surface area (Å²) in [5, 5.41) is 0. The van der Waals surface area contributed by atoms with Gasteiger partial charge in [-0.15, -0.1) is 0 Å². The van der Waals surface area contributed by atoms with Gasteiger partial charge in [-0.1, -0.05) is 44.9 Å². The molecule has 1 aliphatic heterocycles. The Balaban J connectivity index is 2.17. The molecule has 0 saturated heterocycles. The van der Waals surface area contributed by atoms with E-state index in [4.69, 9.17) is 4.74 Å². The molecule has 1 nitrogen and oxygen atoms in total. The number of hydrogen-bond donors (Lipinski definition) is 0. The standard InChI is InChI=1S/C11H18O/c1-3-4-5-6-11-8-7-10(2)9-12-11/h7-8,11H,2-6,9H2,1H3. The lowest BCUT2D eigenvalue weighted by Gasteiger charge is -2.18. The Labute approximate surface area is 75.1 Å². The van der Waals surface area contributed by atoms with Crippen molar-refractivity contribution in [3.8, 4) is 0 Å². The first-order valence-electron chi connectivity index (χ1n) is 4.80. The van der Waals surface area contributed by atoms with Crippen LogP contribution in [0.4, 0.5) is 0 Å². The second-order valence-electron chi connectivity index (χ2n) is 3.36. The summed E-state index contributed by atoms with van der Waals surface area (Å²) >= 11 is 0. The molecule has 0 spiro atoms. The zero-order valence-electron chi connectivity index (χ0n) is 7.88. The van der Waals surface area contributed by atoms with Crippen molar-refractivity contribution in [2.45, 2.75) is 38.7 Å². The van der Waals surface area contributed by atoms with Crippen LogP contribution >= 0.6 is 0 Å². The summed E-state index contributed by atoms with van der Waals surface area (Å²) < 4.78 is 5.55. The first-order valence-corrected chi connectivity index (χ1v) is 4.80. The third kappa shape index (κ3) is 3.22. The topological polar surface area (TPSA) is 9.23 Å². The average molecular weight is 166 g/mol. The molecule has 0 aromatic carbocycles. The molecule has 1 unspecified atom stereocenters. The van der Waals surface area contributed by atoms with Crippen molar-refractivity contribution in [2.75, 3.05) is 6.61 Å². The third-order valence-corrected chi connectivity index (χ3v) is 2.12. The van der Waals surface area contributed by atoms with Gasteiger partial charge >= 0.3 is 0 Å². The Kier molecular flexibility index (Phi) is 4.09. The van der Waals surface area contributed by atoms with E-state index in [9.17, 15) is 0 Å². The van der Waals surface area contributed by atoms with Crippen LogP contribution in [0.15, 0.2) is 24.3 Å². The van der Waals surface area contributed by atoms with Crippen molar-refractivity contribution in [3.05, 3.63) is 24.3 Å². The van der Waals surface area contributed by atoms with Crippen LogP contribution in [0.2, 0.25) is 0 Å². The van der Waals surface area contributed by atoms with E-state index in [1.807, 2.05) is 0 Å². The largest absolute Gasteiger partial charge is 0.369 e. The van der Waals surface area contributed by atoms with Crippen molar-refractivity contribution < 1.29 is 4.74 Å². The van der Waals surface area contributed by atoms with E-state index in [2.05, 4.69) is 25.7 Å². The molecule has 0 saturated carbocycles. The maximum Gasteiger partial charge on any atom is 0.0763 e. The normalized spacial score (nSPS) is 23.1. The molecule has 0 amide bonds. The quantitative estimate of drug-likeness (QED) is 0.583. The van der Waals surface area contributed by atoms with Crippen LogP contribution in [0.1, 0.15) is 32.6 Å². The third-order valence-electron chi connectivity index (χ3n) is 2.12. The Hall–Kier alpha value is -0.560. The van der Waals surface area contributed by atoms with Gasteiger partial charge in [0, 0.05) is 0 Å². The fraction of sp³-hybridized carbons (Fsp3) is 0.636. The molecule has 68 valence electrons. The van der Waals surface area contributed by atoms with Crippen molar-refractivity contribution in [3.63, 3.8) is 0 Å². The van der Waals surface area contributed by atoms with Gasteiger partial charge in [-0.25, -0.2) is 0 Å². The molecular formula is C11H18O. The zero-order chi connectivity index (χ0) is 8.81. The van der Waals surface area contributed by atoms with E-state index in [0.717, 1.165) is 12.0 Å². The van der Waals surface area contributed by atoms with Crippen LogP contribution in [-0.4, -0.2) is 12.7 Å². The van der Waals surface area contributed by atoms with Crippen molar-refractivity contribution >= 4 is 0 Å². The number of ether oxygens (including phenoxy) is 1. The molecule has 0 aliphatic carbocycles. The average Bonchev–Trinajstić information content (AvgIpc) is 2.09. The zero-order valence-corrected chi connectivity index (χ0v) is 7.88. The summed E-state index contributed by atoms with van der Waals surface area (Å²) in [5.74, 6) is 0. The van der Waals surface area contributed by atoms with Crippen LogP contribution in [0.5, 0.6) is 0 Å². The van der Waals surface area contributed by atoms with E-state index >= 15 is 0 Å². The van der Waals surface area contributed by atoms with Crippen LogP contribution in [0.25, 0.3) is 0 Å². The summed E-state index contributed by atoms with van der Waals surface area (Å²) in [7, 11) is 0. The smallest absolute Gasteiger partial charge is 0.0763 e. The molecule has 0 aromatic heterocycles. The minimum absolute atomic E-state index is 0.349. The molecular weight excluding hydrogens is 148 g/mol. The van der Waals surface area contributed by atoms with Gasteiger partial charge in [-0.05, 0) is 12.0 Å². The predicted molar refractivity (Wildman–Crippen MR) is 52.2 cm³/mol. The summed E-state index contributed by atoms with van der Waals surface area (Å²) in [6, 6.07) is 0. The van der Waals surface area contributed by atoms with Crippen LogP contribution < -0.4 is 0 Å². The van der Waals surface area contributed by atoms with Crippen molar-refractivity contribution in [1.82, 2.24) is 0 Å². The molecule has 0 aromatic rings. The maximum atomic E-state index is 5.55. The molecule has 1 rings (SSSR count). The molecule has 1 heteroatoms. The fourth-order valence-electron chi connectivity index (χ4n) is 1.34. The Morgan fingerprint density at radius 3 is 3.00 bits per heavy atom. The van der Waals surface area contributed by atoms with Gasteiger partial charge in [0.15, 0.2) is 0 Å². The minimum atomic E-state index is 0.349. The van der Waals surface area contributed by atoms with Gasteiger partial charge in [-0.2, -0.15) is 0 Å². The SMILES string of the molecule is C=C1C=CC(CCCCC)OC1. The van der Waals surface area contributed by atoms with E-state index in [1.165, 1.54) is 19.3 Å². The number of hydrogen-bond acceptors (Lipinski definition) is 1. The fourth-order valence-corrected chi connectivity index (χ4v) is 1.34. The van der Waals surface area contributed by atoms with E-state index in [-0.39, 0.29) is 0 Å². The molecule has 12 heavy (non-hydrogen) atoms. The molecule has 0 radical (unpaired) electrons. The first-order chi connectivity index (χ1) is 5.83. The van der Waals surface area contributed by atoms with Gasteiger partial charge in [0.25, 0.3) is 0 Å². The summed E-state index contributed by atoms with van der Waals surface area (Å²) in [6.07, 6.45) is 9.59. The van der Waals surface area contributed by atoms with Gasteiger partial charge in [0.1, 0.15) is 0 Å². The molecule has 0 N–H and O–H groups in total. The van der Waals surface area contributed by atoms with E-state index in [0.29, 0.717) is 12.7 Å². The molecule has 0 fully saturated rings. The second kappa shape index (κ2) is 5.15. The highest BCUT2D eigenvalue weighted by molar-refractivity contribution is 5.18. The van der Waals surface area contributed by atoms with Gasteiger partial charge in [0.05, 0.1) is 12.7 Å². The molecule has 0 bridgehead atoms. The highest BCUT2D eigenvalue weighted by Crippen LogP contribution is 2.14. The van der Waals surface area contributed by atoms with Crippen molar-refractivity contribution in [1.29, 1.82) is 0 Å². The van der Waals surface area contributed by atoms with Crippen molar-refractivity contribution in [2.24, 2.45) is 0 Å². The number of rotatable bonds is 4. The molecule has 1 heterocycles. The van der Waals surface area contributed by atoms with E-state index < -0.39 is 0 Å².